The minimum absolute atomic E-state index is 0.0671. The number of rotatable bonds is 4. The standard InChI is InChI=1S/C7H12O2.C6H8O2/c1-3-4-5-6-7(8)9-2;1-4-2-5(7)3-6(4)8/h3H,1,4-6H2,2H3;2,5,7H,3H2,1H3/t;5-/m.0/s1. The van der Waals surface area contributed by atoms with Gasteiger partial charge in [-0.2, -0.15) is 0 Å². The first-order valence-corrected chi connectivity index (χ1v) is 5.58. The molecular weight excluding hydrogens is 220 g/mol. The highest BCUT2D eigenvalue weighted by Gasteiger charge is 2.17. The maximum atomic E-state index is 10.6. The van der Waals surface area contributed by atoms with E-state index in [0.717, 1.165) is 12.8 Å². The van der Waals surface area contributed by atoms with Crippen LogP contribution in [0, 0.1) is 0 Å². The molecule has 1 atom stereocenters. The molecule has 0 aromatic rings. The average Bonchev–Trinajstić information content (AvgIpc) is 2.57. The van der Waals surface area contributed by atoms with Crippen LogP contribution < -0.4 is 0 Å². The molecule has 0 heterocycles. The van der Waals surface area contributed by atoms with E-state index in [2.05, 4.69) is 11.3 Å². The molecule has 1 N–H and O–H groups in total. The molecule has 1 aliphatic carbocycles. The first kappa shape index (κ1) is 15.6. The molecule has 1 aliphatic rings. The Bertz CT molecular complexity index is 305. The smallest absolute Gasteiger partial charge is 0.305 e. The van der Waals surface area contributed by atoms with Crippen molar-refractivity contribution in [2.24, 2.45) is 0 Å². The number of ketones is 1. The van der Waals surface area contributed by atoms with Gasteiger partial charge in [-0.05, 0) is 31.4 Å². The molecule has 0 unspecified atom stereocenters. The number of carbonyl (C=O) groups is 2. The van der Waals surface area contributed by atoms with Crippen LogP contribution in [0.3, 0.4) is 0 Å². The van der Waals surface area contributed by atoms with Gasteiger partial charge in [-0.3, -0.25) is 9.59 Å². The number of hydrogen-bond donors (Lipinski definition) is 1. The summed E-state index contributed by atoms with van der Waals surface area (Å²) >= 11 is 0. The minimum Gasteiger partial charge on any atom is -0.469 e. The Labute approximate surface area is 102 Å². The van der Waals surface area contributed by atoms with Crippen LogP contribution in [0.4, 0.5) is 0 Å². The van der Waals surface area contributed by atoms with Crippen LogP contribution in [-0.4, -0.2) is 30.1 Å². The quantitative estimate of drug-likeness (QED) is 0.462. The van der Waals surface area contributed by atoms with Crippen LogP contribution in [0.2, 0.25) is 0 Å². The molecule has 0 aliphatic heterocycles. The highest BCUT2D eigenvalue weighted by atomic mass is 16.5. The first-order valence-electron chi connectivity index (χ1n) is 5.58. The molecule has 0 saturated heterocycles. The molecule has 0 spiro atoms. The van der Waals surface area contributed by atoms with Crippen molar-refractivity contribution < 1.29 is 19.4 Å². The number of aliphatic hydroxyl groups is 1. The van der Waals surface area contributed by atoms with Gasteiger partial charge in [0.2, 0.25) is 0 Å². The number of Topliss-reactive ketones (excluding diaryl/α,β-unsaturated/α-hetero) is 1. The summed E-state index contributed by atoms with van der Waals surface area (Å²) in [5, 5.41) is 8.77. The van der Waals surface area contributed by atoms with Crippen LogP contribution in [0.25, 0.3) is 0 Å². The predicted octanol–water partition coefficient (Wildman–Crippen LogP) is 1.78. The molecule has 4 nitrogen and oxygen atoms in total. The van der Waals surface area contributed by atoms with E-state index in [-0.39, 0.29) is 18.2 Å². The van der Waals surface area contributed by atoms with Crippen molar-refractivity contribution >= 4 is 11.8 Å². The Morgan fingerprint density at radius 3 is 2.65 bits per heavy atom. The normalized spacial score (nSPS) is 17.9. The van der Waals surface area contributed by atoms with Crippen LogP contribution in [0.1, 0.15) is 32.6 Å². The molecule has 0 amide bonds. The summed E-state index contributed by atoms with van der Waals surface area (Å²) in [4.78, 5) is 21.0. The average molecular weight is 240 g/mol. The third kappa shape index (κ3) is 7.47. The maximum absolute atomic E-state index is 10.6. The van der Waals surface area contributed by atoms with Gasteiger partial charge in [0, 0.05) is 12.8 Å². The molecule has 96 valence electrons. The highest BCUT2D eigenvalue weighted by Crippen LogP contribution is 2.12. The van der Waals surface area contributed by atoms with Gasteiger partial charge in [-0.1, -0.05) is 6.08 Å². The van der Waals surface area contributed by atoms with E-state index < -0.39 is 6.10 Å². The molecule has 0 fully saturated rings. The van der Waals surface area contributed by atoms with Crippen molar-refractivity contribution in [2.45, 2.75) is 38.7 Å². The summed E-state index contributed by atoms with van der Waals surface area (Å²) in [5.74, 6) is -0.0747. The predicted molar refractivity (Wildman–Crippen MR) is 65.5 cm³/mol. The summed E-state index contributed by atoms with van der Waals surface area (Å²) in [5.41, 5.74) is 0.692. The van der Waals surface area contributed by atoms with E-state index in [1.807, 2.05) is 0 Å². The lowest BCUT2D eigenvalue weighted by atomic mass is 10.2. The number of hydrogen-bond acceptors (Lipinski definition) is 4. The Kier molecular flexibility index (Phi) is 7.97. The second-order valence-electron chi connectivity index (χ2n) is 3.80. The van der Waals surface area contributed by atoms with E-state index in [1.165, 1.54) is 7.11 Å². The Morgan fingerprint density at radius 2 is 2.35 bits per heavy atom. The molecule has 4 heteroatoms. The van der Waals surface area contributed by atoms with Gasteiger partial charge >= 0.3 is 5.97 Å². The van der Waals surface area contributed by atoms with Gasteiger partial charge in [0.1, 0.15) is 0 Å². The van der Waals surface area contributed by atoms with E-state index in [4.69, 9.17) is 5.11 Å². The zero-order chi connectivity index (χ0) is 13.3. The monoisotopic (exact) mass is 240 g/mol. The van der Waals surface area contributed by atoms with Crippen molar-refractivity contribution in [1.29, 1.82) is 0 Å². The van der Waals surface area contributed by atoms with Crippen LogP contribution in [0.15, 0.2) is 24.3 Å². The van der Waals surface area contributed by atoms with Crippen molar-refractivity contribution in [3.05, 3.63) is 24.3 Å². The minimum atomic E-state index is -0.512. The number of aliphatic hydroxyl groups excluding tert-OH is 1. The fourth-order valence-corrected chi connectivity index (χ4v) is 1.28. The number of carbonyl (C=O) groups excluding carboxylic acids is 2. The number of unbranched alkanes of at least 4 members (excludes halogenated alkanes) is 1. The largest absolute Gasteiger partial charge is 0.469 e. The van der Waals surface area contributed by atoms with Crippen molar-refractivity contribution in [1.82, 2.24) is 0 Å². The zero-order valence-corrected chi connectivity index (χ0v) is 10.4. The van der Waals surface area contributed by atoms with Gasteiger partial charge in [-0.25, -0.2) is 0 Å². The van der Waals surface area contributed by atoms with Crippen LogP contribution in [0.5, 0.6) is 0 Å². The summed E-state index contributed by atoms with van der Waals surface area (Å²) in [7, 11) is 1.40. The lowest BCUT2D eigenvalue weighted by molar-refractivity contribution is -0.140. The third-order valence-corrected chi connectivity index (χ3v) is 2.29. The lowest BCUT2D eigenvalue weighted by Gasteiger charge is -1.94. The van der Waals surface area contributed by atoms with Crippen molar-refractivity contribution in [3.8, 4) is 0 Å². The Morgan fingerprint density at radius 1 is 1.71 bits per heavy atom. The summed E-state index contributed by atoms with van der Waals surface area (Å²) in [6.45, 7) is 5.25. The van der Waals surface area contributed by atoms with Gasteiger partial charge in [0.25, 0.3) is 0 Å². The van der Waals surface area contributed by atoms with Crippen molar-refractivity contribution in [2.75, 3.05) is 7.11 Å². The topological polar surface area (TPSA) is 63.6 Å². The van der Waals surface area contributed by atoms with E-state index >= 15 is 0 Å². The number of methoxy groups -OCH3 is 1. The first-order chi connectivity index (χ1) is 8.01. The van der Waals surface area contributed by atoms with E-state index in [1.54, 1.807) is 19.1 Å². The number of allylic oxidation sites excluding steroid dienone is 2. The van der Waals surface area contributed by atoms with Gasteiger partial charge in [0.05, 0.1) is 13.2 Å². The summed E-state index contributed by atoms with van der Waals surface area (Å²) < 4.78 is 4.42. The fourth-order valence-electron chi connectivity index (χ4n) is 1.28. The third-order valence-electron chi connectivity index (χ3n) is 2.29. The molecular formula is C13H20O4. The Balaban J connectivity index is 0.000000302. The second-order valence-corrected chi connectivity index (χ2v) is 3.80. The molecule has 17 heavy (non-hydrogen) atoms. The molecule has 0 saturated carbocycles. The lowest BCUT2D eigenvalue weighted by Crippen LogP contribution is -2.00. The molecule has 0 radical (unpaired) electrons. The van der Waals surface area contributed by atoms with Gasteiger partial charge in [0.15, 0.2) is 5.78 Å². The van der Waals surface area contributed by atoms with Gasteiger partial charge < -0.3 is 9.84 Å². The molecule has 0 aromatic carbocycles. The number of ether oxygens (including phenoxy) is 1. The summed E-state index contributed by atoms with van der Waals surface area (Å²) in [6.07, 6.45) is 5.38. The molecule has 0 aromatic heterocycles. The molecule has 0 bridgehead atoms. The number of esters is 1. The van der Waals surface area contributed by atoms with E-state index in [9.17, 15) is 9.59 Å². The zero-order valence-electron chi connectivity index (χ0n) is 10.4. The second kappa shape index (κ2) is 8.70. The van der Waals surface area contributed by atoms with E-state index in [0.29, 0.717) is 12.0 Å². The molecule has 1 rings (SSSR count). The summed E-state index contributed by atoms with van der Waals surface area (Å²) in [6, 6.07) is 0. The Hall–Kier alpha value is -1.42. The van der Waals surface area contributed by atoms with Crippen LogP contribution in [-0.2, 0) is 14.3 Å². The fraction of sp³-hybridized carbons (Fsp3) is 0.538. The highest BCUT2D eigenvalue weighted by molar-refractivity contribution is 5.97. The maximum Gasteiger partial charge on any atom is 0.305 e. The van der Waals surface area contributed by atoms with Crippen LogP contribution >= 0.6 is 0 Å². The SMILES string of the molecule is C=CCCCC(=O)OC.CC1=C[C@H](O)CC1=O. The van der Waals surface area contributed by atoms with Crippen molar-refractivity contribution in [3.63, 3.8) is 0 Å². The van der Waals surface area contributed by atoms with Gasteiger partial charge in [-0.15, -0.1) is 6.58 Å².